The number of fused-ring (bicyclic) bond motifs is 3. The maximum Gasteiger partial charge on any atom is 0.226 e. The molecule has 0 fully saturated rings. The smallest absolute Gasteiger partial charge is 0.226 e. The Morgan fingerprint density at radius 1 is 1.00 bits per heavy atom. The lowest BCUT2D eigenvalue weighted by molar-refractivity contribution is 0.541. The third kappa shape index (κ3) is 2.87. The van der Waals surface area contributed by atoms with Gasteiger partial charge in [0.05, 0.1) is 23.5 Å². The standard InChI is InChI=1S/C21H19ClN8/c22-21-26-19-16(3-1-6-23-19)20(27-21)28-10-5-17-14(13-28)11-15(12-24-17)29-8-2-9-30-18(29)4-7-25-30/h1,3-4,6-7,11-12H,2,5,8-10,13H2. The van der Waals surface area contributed by atoms with E-state index in [1.165, 1.54) is 5.56 Å². The zero-order valence-electron chi connectivity index (χ0n) is 16.2. The average Bonchev–Trinajstić information content (AvgIpc) is 3.27. The molecular weight excluding hydrogens is 400 g/mol. The Morgan fingerprint density at radius 2 is 1.97 bits per heavy atom. The van der Waals surface area contributed by atoms with E-state index in [1.807, 2.05) is 24.5 Å². The van der Waals surface area contributed by atoms with Gasteiger partial charge in [0.15, 0.2) is 5.65 Å². The lowest BCUT2D eigenvalue weighted by Gasteiger charge is -2.32. The molecule has 4 aromatic heterocycles. The summed E-state index contributed by atoms with van der Waals surface area (Å²) in [6, 6.07) is 8.21. The third-order valence-electron chi connectivity index (χ3n) is 5.78. The van der Waals surface area contributed by atoms with Crippen LogP contribution in [-0.4, -0.2) is 42.8 Å². The van der Waals surface area contributed by atoms with Crippen LogP contribution in [0, 0.1) is 0 Å². The molecule has 2 aliphatic rings. The predicted molar refractivity (Wildman–Crippen MR) is 115 cm³/mol. The summed E-state index contributed by atoms with van der Waals surface area (Å²) in [7, 11) is 0. The van der Waals surface area contributed by atoms with E-state index in [9.17, 15) is 0 Å². The van der Waals surface area contributed by atoms with Crippen molar-refractivity contribution in [2.75, 3.05) is 22.9 Å². The molecule has 0 radical (unpaired) electrons. The van der Waals surface area contributed by atoms with Gasteiger partial charge in [0.2, 0.25) is 5.28 Å². The van der Waals surface area contributed by atoms with Crippen molar-refractivity contribution in [3.8, 4) is 0 Å². The molecule has 0 bridgehead atoms. The lowest BCUT2D eigenvalue weighted by Crippen LogP contribution is -2.33. The summed E-state index contributed by atoms with van der Waals surface area (Å²) in [4.78, 5) is 22.5. The van der Waals surface area contributed by atoms with Gasteiger partial charge in [-0.3, -0.25) is 4.98 Å². The third-order valence-corrected chi connectivity index (χ3v) is 5.95. The van der Waals surface area contributed by atoms with Crippen molar-refractivity contribution in [2.24, 2.45) is 0 Å². The number of pyridine rings is 2. The summed E-state index contributed by atoms with van der Waals surface area (Å²) >= 11 is 6.19. The van der Waals surface area contributed by atoms with E-state index in [4.69, 9.17) is 16.6 Å². The Hall–Kier alpha value is -3.26. The van der Waals surface area contributed by atoms with Crippen LogP contribution in [0.1, 0.15) is 17.7 Å². The van der Waals surface area contributed by atoms with Crippen molar-refractivity contribution in [3.05, 3.63) is 59.4 Å². The summed E-state index contributed by atoms with van der Waals surface area (Å²) in [5, 5.41) is 5.55. The van der Waals surface area contributed by atoms with Crippen molar-refractivity contribution in [2.45, 2.75) is 25.9 Å². The minimum Gasteiger partial charge on any atom is -0.351 e. The average molecular weight is 419 g/mol. The van der Waals surface area contributed by atoms with Gasteiger partial charge in [-0.15, -0.1) is 0 Å². The molecule has 0 atom stereocenters. The number of aromatic nitrogens is 6. The van der Waals surface area contributed by atoms with Crippen LogP contribution >= 0.6 is 11.6 Å². The Morgan fingerprint density at radius 3 is 2.93 bits per heavy atom. The topological polar surface area (TPSA) is 75.9 Å². The first-order valence-corrected chi connectivity index (χ1v) is 10.4. The first-order valence-electron chi connectivity index (χ1n) is 10.1. The summed E-state index contributed by atoms with van der Waals surface area (Å²) < 4.78 is 2.05. The largest absolute Gasteiger partial charge is 0.351 e. The fourth-order valence-electron chi connectivity index (χ4n) is 4.39. The number of nitrogens with zero attached hydrogens (tertiary/aromatic N) is 8. The minimum atomic E-state index is 0.218. The van der Waals surface area contributed by atoms with Crippen molar-refractivity contribution >= 4 is 40.0 Å². The molecule has 30 heavy (non-hydrogen) atoms. The lowest BCUT2D eigenvalue weighted by atomic mass is 10.0. The highest BCUT2D eigenvalue weighted by Gasteiger charge is 2.24. The van der Waals surface area contributed by atoms with Crippen molar-refractivity contribution < 1.29 is 0 Å². The van der Waals surface area contributed by atoms with Gasteiger partial charge in [-0.05, 0) is 41.8 Å². The molecule has 0 aliphatic carbocycles. The highest BCUT2D eigenvalue weighted by Crippen LogP contribution is 2.33. The van der Waals surface area contributed by atoms with Crippen LogP contribution in [0.3, 0.4) is 0 Å². The van der Waals surface area contributed by atoms with E-state index in [-0.39, 0.29) is 5.28 Å². The molecule has 0 saturated carbocycles. The van der Waals surface area contributed by atoms with Gasteiger partial charge in [-0.2, -0.15) is 15.1 Å². The molecule has 0 aromatic carbocycles. The Labute approximate surface area is 178 Å². The summed E-state index contributed by atoms with van der Waals surface area (Å²) in [6.45, 7) is 3.47. The molecule has 8 nitrogen and oxygen atoms in total. The maximum atomic E-state index is 6.19. The predicted octanol–water partition coefficient (Wildman–Crippen LogP) is 3.37. The van der Waals surface area contributed by atoms with Gasteiger partial charge >= 0.3 is 0 Å². The molecule has 4 aromatic rings. The van der Waals surface area contributed by atoms with Crippen LogP contribution in [0.15, 0.2) is 42.9 Å². The maximum absolute atomic E-state index is 6.19. The number of halogens is 1. The molecule has 2 aliphatic heterocycles. The molecule has 9 heteroatoms. The Kier molecular flexibility index (Phi) is 4.05. The summed E-state index contributed by atoms with van der Waals surface area (Å²) in [6.07, 6.45) is 7.49. The molecule has 6 heterocycles. The summed E-state index contributed by atoms with van der Waals surface area (Å²) in [5.74, 6) is 1.94. The number of anilines is 3. The molecule has 0 saturated heterocycles. The van der Waals surface area contributed by atoms with Crippen LogP contribution in [0.5, 0.6) is 0 Å². The van der Waals surface area contributed by atoms with Gasteiger partial charge in [0.25, 0.3) is 0 Å². The number of rotatable bonds is 2. The second kappa shape index (κ2) is 6.91. The van der Waals surface area contributed by atoms with Crippen LogP contribution < -0.4 is 9.80 Å². The van der Waals surface area contributed by atoms with Crippen LogP contribution in [0.4, 0.5) is 17.3 Å². The van der Waals surface area contributed by atoms with Gasteiger partial charge in [0.1, 0.15) is 11.6 Å². The molecule has 0 spiro atoms. The summed E-state index contributed by atoms with van der Waals surface area (Å²) in [5.41, 5.74) is 4.07. The number of hydrogen-bond donors (Lipinski definition) is 0. The van der Waals surface area contributed by atoms with Crippen molar-refractivity contribution in [1.82, 2.24) is 29.7 Å². The van der Waals surface area contributed by atoms with E-state index in [1.54, 1.807) is 6.20 Å². The van der Waals surface area contributed by atoms with E-state index in [0.29, 0.717) is 5.65 Å². The highest BCUT2D eigenvalue weighted by molar-refractivity contribution is 6.28. The molecule has 0 N–H and O–H groups in total. The normalized spacial score (nSPS) is 15.9. The van der Waals surface area contributed by atoms with Gasteiger partial charge in [0, 0.05) is 50.6 Å². The number of hydrogen-bond acceptors (Lipinski definition) is 7. The van der Waals surface area contributed by atoms with E-state index < -0.39 is 0 Å². The monoisotopic (exact) mass is 418 g/mol. The van der Waals surface area contributed by atoms with Gasteiger partial charge < -0.3 is 9.80 Å². The highest BCUT2D eigenvalue weighted by atomic mass is 35.5. The first kappa shape index (κ1) is 17.6. The number of aryl methyl sites for hydroxylation is 1. The van der Waals surface area contributed by atoms with Gasteiger partial charge in [-0.1, -0.05) is 0 Å². The second-order valence-corrected chi connectivity index (χ2v) is 7.92. The van der Waals surface area contributed by atoms with E-state index >= 15 is 0 Å². The fourth-order valence-corrected chi connectivity index (χ4v) is 4.55. The van der Waals surface area contributed by atoms with Crippen molar-refractivity contribution in [3.63, 3.8) is 0 Å². The zero-order chi connectivity index (χ0) is 20.1. The molecule has 0 unspecified atom stereocenters. The quantitative estimate of drug-likeness (QED) is 0.462. The van der Waals surface area contributed by atoms with Crippen LogP contribution in [-0.2, 0) is 19.5 Å². The fraction of sp³-hybridized carbons (Fsp3) is 0.286. The SMILES string of the molecule is Clc1nc(N2CCc3ncc(N4CCCn5nccc54)cc3C2)c2cccnc2n1. The molecular formula is C21H19ClN8. The van der Waals surface area contributed by atoms with Crippen molar-refractivity contribution in [1.29, 1.82) is 0 Å². The van der Waals surface area contributed by atoms with E-state index in [0.717, 1.165) is 67.4 Å². The van der Waals surface area contributed by atoms with Crippen LogP contribution in [0.25, 0.3) is 11.0 Å². The van der Waals surface area contributed by atoms with Crippen LogP contribution in [0.2, 0.25) is 5.28 Å². The zero-order valence-corrected chi connectivity index (χ0v) is 17.0. The Balaban J connectivity index is 1.37. The van der Waals surface area contributed by atoms with Gasteiger partial charge in [-0.25, -0.2) is 9.67 Å². The second-order valence-electron chi connectivity index (χ2n) is 7.58. The first-order chi connectivity index (χ1) is 14.8. The van der Waals surface area contributed by atoms with E-state index in [2.05, 4.69) is 46.7 Å². The Bertz CT molecular complexity index is 1250. The molecule has 150 valence electrons. The molecule has 6 rings (SSSR count). The molecule has 0 amide bonds. The minimum absolute atomic E-state index is 0.218.